The Labute approximate surface area is 187 Å². The van der Waals surface area contributed by atoms with E-state index >= 15 is 0 Å². The molecule has 1 unspecified atom stereocenters. The van der Waals surface area contributed by atoms with Crippen LogP contribution in [0.1, 0.15) is 31.6 Å². The highest BCUT2D eigenvalue weighted by Crippen LogP contribution is 2.35. The van der Waals surface area contributed by atoms with Crippen molar-refractivity contribution in [1.82, 2.24) is 14.5 Å². The molecule has 1 aliphatic heterocycles. The van der Waals surface area contributed by atoms with E-state index < -0.39 is 0 Å². The van der Waals surface area contributed by atoms with Gasteiger partial charge >= 0.3 is 6.03 Å². The third-order valence-electron chi connectivity index (χ3n) is 5.91. The lowest BCUT2D eigenvalue weighted by molar-refractivity contribution is 0.204. The molecule has 1 atom stereocenters. The van der Waals surface area contributed by atoms with Crippen LogP contribution in [-0.4, -0.2) is 27.0 Å². The van der Waals surface area contributed by atoms with Crippen LogP contribution in [0.2, 0.25) is 0 Å². The summed E-state index contributed by atoms with van der Waals surface area (Å²) in [5.74, 6) is 2.30. The lowest BCUT2D eigenvalue weighted by atomic mass is 10.2. The van der Waals surface area contributed by atoms with Crippen LogP contribution in [0.25, 0.3) is 11.0 Å². The Morgan fingerprint density at radius 2 is 1.78 bits per heavy atom. The summed E-state index contributed by atoms with van der Waals surface area (Å²) in [5.41, 5.74) is 2.73. The summed E-state index contributed by atoms with van der Waals surface area (Å²) in [7, 11) is 0. The second-order valence-electron chi connectivity index (χ2n) is 7.90. The van der Waals surface area contributed by atoms with Gasteiger partial charge in [0.1, 0.15) is 11.6 Å². The number of aryl methyl sites for hydroxylation is 1. The topological polar surface area (TPSA) is 59.4 Å². The summed E-state index contributed by atoms with van der Waals surface area (Å²) < 4.78 is 8.23. The maximum atomic E-state index is 13.3. The molecule has 6 nitrogen and oxygen atoms in total. The van der Waals surface area contributed by atoms with E-state index in [1.807, 2.05) is 77.7 Å². The fraction of sp³-hybridized carbons (Fsp3) is 0.231. The molecule has 0 radical (unpaired) electrons. The van der Waals surface area contributed by atoms with Crippen molar-refractivity contribution in [3.8, 4) is 11.5 Å². The quantitative estimate of drug-likeness (QED) is 0.412. The molecule has 1 fully saturated rings. The molecule has 0 aliphatic carbocycles. The van der Waals surface area contributed by atoms with Gasteiger partial charge in [0.25, 0.3) is 0 Å². The number of ether oxygens (including phenoxy) is 1. The number of nitrogens with one attached hydrogen (secondary N) is 1. The van der Waals surface area contributed by atoms with E-state index in [0.717, 1.165) is 42.0 Å². The number of likely N-dealkylation sites (tertiary alicyclic amines) is 1. The monoisotopic (exact) mass is 426 g/mol. The Balaban J connectivity index is 1.40. The first-order chi connectivity index (χ1) is 15.7. The zero-order valence-electron chi connectivity index (χ0n) is 18.1. The molecule has 5 rings (SSSR count). The summed E-state index contributed by atoms with van der Waals surface area (Å²) in [6.45, 7) is 3.63. The van der Waals surface area contributed by atoms with E-state index in [-0.39, 0.29) is 12.1 Å². The van der Waals surface area contributed by atoms with Gasteiger partial charge in [0.15, 0.2) is 5.75 Å². The molecular formula is C26H26N4O2. The molecule has 1 N–H and O–H groups in total. The SMILES string of the molecule is CCn1c(C2CCCN2C(=O)Nc2ccccc2Oc2ccccc2)nc2ccccc21. The number of urea groups is 1. The third-order valence-corrected chi connectivity index (χ3v) is 5.91. The van der Waals surface area contributed by atoms with Crippen LogP contribution in [0.5, 0.6) is 11.5 Å². The van der Waals surface area contributed by atoms with Gasteiger partial charge in [0.05, 0.1) is 22.8 Å². The van der Waals surface area contributed by atoms with Gasteiger partial charge in [-0.3, -0.25) is 0 Å². The molecule has 0 spiro atoms. The number of anilines is 1. The van der Waals surface area contributed by atoms with Crippen molar-refractivity contribution < 1.29 is 9.53 Å². The molecular weight excluding hydrogens is 400 g/mol. The molecule has 1 aliphatic rings. The Morgan fingerprint density at radius 3 is 2.62 bits per heavy atom. The first-order valence-electron chi connectivity index (χ1n) is 11.1. The van der Waals surface area contributed by atoms with Gasteiger partial charge in [-0.15, -0.1) is 0 Å². The number of fused-ring (bicyclic) bond motifs is 1. The number of aromatic nitrogens is 2. The van der Waals surface area contributed by atoms with Crippen LogP contribution in [0, 0.1) is 0 Å². The highest BCUT2D eigenvalue weighted by Gasteiger charge is 2.34. The maximum Gasteiger partial charge on any atom is 0.322 e. The molecule has 1 saturated heterocycles. The zero-order valence-corrected chi connectivity index (χ0v) is 18.1. The minimum Gasteiger partial charge on any atom is -0.455 e. The van der Waals surface area contributed by atoms with Crippen molar-refractivity contribution in [3.63, 3.8) is 0 Å². The number of nitrogens with zero attached hydrogens (tertiary/aromatic N) is 3. The van der Waals surface area contributed by atoms with E-state index in [2.05, 4.69) is 22.9 Å². The molecule has 4 aromatic rings. The maximum absolute atomic E-state index is 13.3. The smallest absolute Gasteiger partial charge is 0.322 e. The lowest BCUT2D eigenvalue weighted by Crippen LogP contribution is -2.35. The first-order valence-corrected chi connectivity index (χ1v) is 11.1. The third kappa shape index (κ3) is 3.80. The highest BCUT2D eigenvalue weighted by molar-refractivity contribution is 5.91. The molecule has 0 saturated carbocycles. The van der Waals surface area contributed by atoms with Crippen LogP contribution in [0.3, 0.4) is 0 Å². The number of carbonyl (C=O) groups excluding carboxylic acids is 1. The molecule has 2 heterocycles. The number of amides is 2. The Bertz CT molecular complexity index is 1240. The van der Waals surface area contributed by atoms with Crippen LogP contribution in [-0.2, 0) is 6.54 Å². The number of hydrogen-bond donors (Lipinski definition) is 1. The van der Waals surface area contributed by atoms with E-state index in [4.69, 9.17) is 9.72 Å². The average molecular weight is 427 g/mol. The van der Waals surface area contributed by atoms with Crippen LogP contribution < -0.4 is 10.1 Å². The number of para-hydroxylation sites is 5. The highest BCUT2D eigenvalue weighted by atomic mass is 16.5. The van der Waals surface area contributed by atoms with Gasteiger partial charge < -0.3 is 19.5 Å². The summed E-state index contributed by atoms with van der Waals surface area (Å²) in [6, 6.07) is 25.1. The first kappa shape index (κ1) is 20.1. The van der Waals surface area contributed by atoms with Gasteiger partial charge in [-0.25, -0.2) is 9.78 Å². The van der Waals surface area contributed by atoms with E-state index in [0.29, 0.717) is 18.0 Å². The molecule has 6 heteroatoms. The van der Waals surface area contributed by atoms with Crippen LogP contribution in [0.4, 0.5) is 10.5 Å². The van der Waals surface area contributed by atoms with Gasteiger partial charge in [-0.05, 0) is 56.2 Å². The predicted molar refractivity (Wildman–Crippen MR) is 126 cm³/mol. The molecule has 1 aromatic heterocycles. The van der Waals surface area contributed by atoms with Crippen molar-refractivity contribution in [2.24, 2.45) is 0 Å². The van der Waals surface area contributed by atoms with Crippen LogP contribution in [0.15, 0.2) is 78.9 Å². The number of benzene rings is 3. The van der Waals surface area contributed by atoms with Gasteiger partial charge in [0.2, 0.25) is 0 Å². The summed E-state index contributed by atoms with van der Waals surface area (Å²) in [5, 5.41) is 3.07. The zero-order chi connectivity index (χ0) is 21.9. The Hall–Kier alpha value is -3.80. The number of imidazole rings is 1. The minimum absolute atomic E-state index is 0.0513. The van der Waals surface area contributed by atoms with Gasteiger partial charge in [-0.2, -0.15) is 0 Å². The Morgan fingerprint density at radius 1 is 1.03 bits per heavy atom. The van der Waals surface area contributed by atoms with Crippen molar-refractivity contribution >= 4 is 22.8 Å². The molecule has 2 amide bonds. The summed E-state index contributed by atoms with van der Waals surface area (Å²) >= 11 is 0. The fourth-order valence-electron chi connectivity index (χ4n) is 4.42. The fourth-order valence-corrected chi connectivity index (χ4v) is 4.42. The molecule has 32 heavy (non-hydrogen) atoms. The standard InChI is InChI=1S/C26H26N4O2/c1-2-29-22-15-8-6-13-20(22)27-25(29)23-16-10-18-30(23)26(31)28-21-14-7-9-17-24(21)32-19-11-4-3-5-12-19/h3-9,11-15,17,23H,2,10,16,18H2,1H3,(H,28,31). The minimum atomic E-state index is -0.133. The number of hydrogen-bond acceptors (Lipinski definition) is 3. The summed E-state index contributed by atoms with van der Waals surface area (Å²) in [4.78, 5) is 20.1. The largest absolute Gasteiger partial charge is 0.455 e. The van der Waals surface area contributed by atoms with E-state index in [9.17, 15) is 4.79 Å². The summed E-state index contributed by atoms with van der Waals surface area (Å²) in [6.07, 6.45) is 1.85. The number of rotatable bonds is 5. The van der Waals surface area contributed by atoms with Crippen LogP contribution >= 0.6 is 0 Å². The van der Waals surface area contributed by atoms with Crippen molar-refractivity contribution in [2.75, 3.05) is 11.9 Å². The van der Waals surface area contributed by atoms with Crippen molar-refractivity contribution in [2.45, 2.75) is 32.4 Å². The predicted octanol–water partition coefficient (Wildman–Crippen LogP) is 6.22. The van der Waals surface area contributed by atoms with E-state index in [1.165, 1.54) is 0 Å². The van der Waals surface area contributed by atoms with E-state index in [1.54, 1.807) is 0 Å². The van der Waals surface area contributed by atoms with Crippen molar-refractivity contribution in [1.29, 1.82) is 0 Å². The molecule has 3 aromatic carbocycles. The molecule has 0 bridgehead atoms. The average Bonchev–Trinajstić information content (AvgIpc) is 3.45. The van der Waals surface area contributed by atoms with Crippen molar-refractivity contribution in [3.05, 3.63) is 84.7 Å². The molecule has 162 valence electrons. The normalized spacial score (nSPS) is 15.8. The lowest BCUT2D eigenvalue weighted by Gasteiger charge is -2.25. The second-order valence-corrected chi connectivity index (χ2v) is 7.90. The second kappa shape index (κ2) is 8.75. The Kier molecular flexibility index (Phi) is 5.50. The number of carbonyl (C=O) groups is 1. The van der Waals surface area contributed by atoms with Gasteiger partial charge in [-0.1, -0.05) is 42.5 Å². The van der Waals surface area contributed by atoms with Gasteiger partial charge in [0, 0.05) is 13.1 Å².